The largest absolute Gasteiger partial charge is 0.481 e. The lowest BCUT2D eigenvalue weighted by atomic mass is 9.79. The summed E-state index contributed by atoms with van der Waals surface area (Å²) in [5, 5.41) is 19.5. The van der Waals surface area contributed by atoms with Crippen LogP contribution in [-0.2, 0) is 23.9 Å². The molecule has 0 saturated carbocycles. The molecule has 0 amide bonds. The number of nitrogens with one attached hydrogen (secondary N) is 3. The van der Waals surface area contributed by atoms with E-state index in [0.29, 0.717) is 26.4 Å². The van der Waals surface area contributed by atoms with Crippen molar-refractivity contribution in [3.63, 3.8) is 0 Å². The van der Waals surface area contributed by atoms with Crippen LogP contribution < -0.4 is 16.0 Å². The Morgan fingerprint density at radius 1 is 0.878 bits per heavy atom. The van der Waals surface area contributed by atoms with Crippen LogP contribution in [0.15, 0.2) is 0 Å². The van der Waals surface area contributed by atoms with Gasteiger partial charge in [0, 0.05) is 48.4 Å². The molecule has 0 spiro atoms. The van der Waals surface area contributed by atoms with Gasteiger partial charge in [-0.1, -0.05) is 62.3 Å². The number of carboxylic acids is 1. The second kappa shape index (κ2) is 17.7. The van der Waals surface area contributed by atoms with Gasteiger partial charge >= 0.3 is 5.97 Å². The molecule has 0 rings (SSSR count). The monoisotopic (exact) mass is 585 g/mol. The Hall–Kier alpha value is -1.39. The van der Waals surface area contributed by atoms with Crippen LogP contribution >= 0.6 is 0 Å². The molecule has 9 nitrogen and oxygen atoms in total. The number of carboxylic acid groups (broad SMARTS) is 1. The van der Waals surface area contributed by atoms with Crippen molar-refractivity contribution in [2.24, 2.45) is 22.7 Å². The van der Waals surface area contributed by atoms with Gasteiger partial charge in [-0.05, 0) is 39.5 Å². The molecule has 0 bridgehead atoms. The first kappa shape index (κ1) is 39.6. The van der Waals surface area contributed by atoms with E-state index in [1.807, 2.05) is 55.4 Å². The van der Waals surface area contributed by atoms with Gasteiger partial charge in [-0.2, -0.15) is 0 Å². The van der Waals surface area contributed by atoms with Crippen LogP contribution in [0.4, 0.5) is 0 Å². The van der Waals surface area contributed by atoms with Gasteiger partial charge in [0.05, 0.1) is 37.9 Å². The third-order valence-corrected chi connectivity index (χ3v) is 8.14. The lowest BCUT2D eigenvalue weighted by Crippen LogP contribution is -2.60. The zero-order valence-electron chi connectivity index (χ0n) is 28.4. The SMILES string of the molecule is CCC(C)(COC)COCC(C)(C)CNC(C)C(=O)[C@H](CCC(=O)O)NC(C)(C)C(C)C(=O)[C@@H](NC(C)C)C(C)C. The molecule has 0 aromatic rings. The van der Waals surface area contributed by atoms with Crippen molar-refractivity contribution in [2.45, 2.75) is 132 Å². The summed E-state index contributed by atoms with van der Waals surface area (Å²) in [6.45, 7) is 26.3. The van der Waals surface area contributed by atoms with Crippen molar-refractivity contribution in [3.8, 4) is 0 Å². The van der Waals surface area contributed by atoms with Crippen molar-refractivity contribution >= 4 is 17.5 Å². The molecule has 0 aliphatic carbocycles. The number of hydrogen-bond acceptors (Lipinski definition) is 8. The summed E-state index contributed by atoms with van der Waals surface area (Å²) in [4.78, 5) is 38.6. The summed E-state index contributed by atoms with van der Waals surface area (Å²) in [5.74, 6) is -1.30. The fourth-order valence-electron chi connectivity index (χ4n) is 4.77. The molecule has 0 aliphatic heterocycles. The Kier molecular flexibility index (Phi) is 17.1. The average Bonchev–Trinajstić information content (AvgIpc) is 2.86. The van der Waals surface area contributed by atoms with Crippen LogP contribution in [0.5, 0.6) is 0 Å². The van der Waals surface area contributed by atoms with Gasteiger partial charge in [0.1, 0.15) is 0 Å². The molecule has 41 heavy (non-hydrogen) atoms. The van der Waals surface area contributed by atoms with Crippen LogP contribution in [0.25, 0.3) is 0 Å². The Morgan fingerprint density at radius 3 is 1.93 bits per heavy atom. The van der Waals surface area contributed by atoms with E-state index >= 15 is 0 Å². The summed E-state index contributed by atoms with van der Waals surface area (Å²) < 4.78 is 11.4. The van der Waals surface area contributed by atoms with E-state index in [0.717, 1.165) is 6.42 Å². The predicted octanol–water partition coefficient (Wildman–Crippen LogP) is 4.47. The van der Waals surface area contributed by atoms with Gasteiger partial charge in [-0.15, -0.1) is 0 Å². The van der Waals surface area contributed by atoms with Crippen molar-refractivity contribution in [3.05, 3.63) is 0 Å². The van der Waals surface area contributed by atoms with Gasteiger partial charge in [0.15, 0.2) is 11.6 Å². The summed E-state index contributed by atoms with van der Waals surface area (Å²) in [5.41, 5.74) is -1.01. The lowest BCUT2D eigenvalue weighted by Gasteiger charge is -2.39. The van der Waals surface area contributed by atoms with Crippen LogP contribution in [-0.4, -0.2) is 85.8 Å². The topological polar surface area (TPSA) is 126 Å². The Bertz CT molecular complexity index is 813. The number of aliphatic carboxylic acids is 1. The second-order valence-corrected chi connectivity index (χ2v) is 14.3. The molecule has 0 aromatic carbocycles. The lowest BCUT2D eigenvalue weighted by molar-refractivity contribution is -0.137. The molecule has 242 valence electrons. The molecular formula is C32H63N3O6. The predicted molar refractivity (Wildman–Crippen MR) is 166 cm³/mol. The Balaban J connectivity index is 5.48. The number of methoxy groups -OCH3 is 1. The van der Waals surface area contributed by atoms with E-state index in [1.54, 1.807) is 7.11 Å². The van der Waals surface area contributed by atoms with Gasteiger partial charge in [0.2, 0.25) is 0 Å². The van der Waals surface area contributed by atoms with Crippen LogP contribution in [0.2, 0.25) is 0 Å². The normalized spacial score (nSPS) is 17.2. The minimum atomic E-state index is -0.959. The maximum absolute atomic E-state index is 13.6. The fourth-order valence-corrected chi connectivity index (χ4v) is 4.77. The van der Waals surface area contributed by atoms with Crippen molar-refractivity contribution in [1.29, 1.82) is 0 Å². The van der Waals surface area contributed by atoms with E-state index in [2.05, 4.69) is 43.6 Å². The summed E-state index contributed by atoms with van der Waals surface area (Å²) in [6, 6.07) is -1.38. The second-order valence-electron chi connectivity index (χ2n) is 14.3. The zero-order valence-corrected chi connectivity index (χ0v) is 28.4. The molecule has 9 heteroatoms. The third kappa shape index (κ3) is 14.6. The van der Waals surface area contributed by atoms with Crippen molar-refractivity contribution in [2.75, 3.05) is 33.5 Å². The highest BCUT2D eigenvalue weighted by Gasteiger charge is 2.39. The zero-order chi connectivity index (χ0) is 32.2. The van der Waals surface area contributed by atoms with Crippen LogP contribution in [0, 0.1) is 22.7 Å². The van der Waals surface area contributed by atoms with E-state index in [1.165, 1.54) is 0 Å². The highest BCUT2D eigenvalue weighted by atomic mass is 16.5. The molecule has 0 fully saturated rings. The van der Waals surface area contributed by atoms with Gasteiger partial charge in [0.25, 0.3) is 0 Å². The highest BCUT2D eigenvalue weighted by Crippen LogP contribution is 2.25. The maximum atomic E-state index is 13.6. The minimum absolute atomic E-state index is 0.0457. The van der Waals surface area contributed by atoms with Crippen LogP contribution in [0.1, 0.15) is 102 Å². The molecule has 3 unspecified atom stereocenters. The molecule has 0 aliphatic rings. The molecule has 0 saturated heterocycles. The van der Waals surface area contributed by atoms with E-state index in [-0.39, 0.29) is 53.2 Å². The smallest absolute Gasteiger partial charge is 0.303 e. The number of Topliss-reactive ketones (excluding diaryl/α,β-unsaturated/α-hetero) is 2. The van der Waals surface area contributed by atoms with Crippen LogP contribution in [0.3, 0.4) is 0 Å². The Morgan fingerprint density at radius 2 is 1.46 bits per heavy atom. The molecule has 4 N–H and O–H groups in total. The first-order chi connectivity index (χ1) is 18.7. The number of carbonyl (C=O) groups is 3. The van der Waals surface area contributed by atoms with Gasteiger partial charge in [-0.3, -0.25) is 14.4 Å². The summed E-state index contributed by atoms with van der Waals surface area (Å²) in [7, 11) is 1.70. The van der Waals surface area contributed by atoms with Crippen molar-refractivity contribution in [1.82, 2.24) is 16.0 Å². The van der Waals surface area contributed by atoms with E-state index in [4.69, 9.17) is 9.47 Å². The molecule has 0 heterocycles. The average molecular weight is 586 g/mol. The Labute approximate surface area is 250 Å². The fraction of sp³-hybridized carbons (Fsp3) is 0.906. The number of carbonyl (C=O) groups excluding carboxylic acids is 2. The number of rotatable bonds is 23. The summed E-state index contributed by atoms with van der Waals surface area (Å²) in [6.07, 6.45) is 0.946. The highest BCUT2D eigenvalue weighted by molar-refractivity contribution is 5.90. The standard InChI is InChI=1S/C32H63N3O6/c1-14-32(12,19-40-13)20-41-18-30(8,9)17-33-24(7)29(39)25(15-16-26(36)37)35-31(10,11)23(6)28(38)27(21(2)3)34-22(4)5/h21-25,27,33-35H,14-20H2,1-13H3,(H,36,37)/t23?,24?,25-,27-,32?/m0/s1. The van der Waals surface area contributed by atoms with Gasteiger partial charge < -0.3 is 30.5 Å². The van der Waals surface area contributed by atoms with Crippen molar-refractivity contribution < 1.29 is 29.0 Å². The minimum Gasteiger partial charge on any atom is -0.481 e. The molecule has 0 aromatic heterocycles. The third-order valence-electron chi connectivity index (χ3n) is 8.14. The number of ketones is 2. The number of hydrogen-bond donors (Lipinski definition) is 4. The van der Waals surface area contributed by atoms with E-state index in [9.17, 15) is 19.5 Å². The van der Waals surface area contributed by atoms with E-state index < -0.39 is 29.5 Å². The quantitative estimate of drug-likeness (QED) is 0.137. The maximum Gasteiger partial charge on any atom is 0.303 e. The van der Waals surface area contributed by atoms with Gasteiger partial charge in [-0.25, -0.2) is 0 Å². The molecule has 0 radical (unpaired) electrons. The summed E-state index contributed by atoms with van der Waals surface area (Å²) >= 11 is 0. The first-order valence-corrected chi connectivity index (χ1v) is 15.3. The molecule has 5 atom stereocenters. The number of ether oxygens (including phenoxy) is 2. The first-order valence-electron chi connectivity index (χ1n) is 15.3. The molecular weight excluding hydrogens is 522 g/mol.